The molecule has 1 aromatic carbocycles. The summed E-state index contributed by atoms with van der Waals surface area (Å²) < 4.78 is 67.0. The van der Waals surface area contributed by atoms with Crippen LogP contribution in [0.2, 0.25) is 0 Å². The lowest BCUT2D eigenvalue weighted by Gasteiger charge is -2.34. The topological polar surface area (TPSA) is 116 Å². The van der Waals surface area contributed by atoms with Gasteiger partial charge in [0.15, 0.2) is 5.82 Å². The van der Waals surface area contributed by atoms with Crippen LogP contribution in [-0.4, -0.2) is 49.7 Å². The molecule has 0 radical (unpaired) electrons. The Morgan fingerprint density at radius 2 is 2.06 bits per heavy atom. The molecule has 3 N–H and O–H groups in total. The normalized spacial score (nSPS) is 18.8. The van der Waals surface area contributed by atoms with Gasteiger partial charge in [0, 0.05) is 24.1 Å². The molecular formula is C19H21F3N6O3S. The third-order valence-electron chi connectivity index (χ3n) is 5.23. The number of fused-ring (bicyclic) bond motifs is 1. The Labute approximate surface area is 182 Å². The molecule has 2 aliphatic rings. The molecule has 3 heterocycles. The maximum Gasteiger partial charge on any atom is 0.421 e. The standard InChI is InChI=1S/C19H21F3N6O3S/c1-32(30,31)28(13-3-2-6-23-9-13)17-14(19(20,21)22)10-24-18(27-17)25-12-4-5-15-11(7-12)8-16(29)26-15/h4-5,7,10,13,23H,2-3,6,8-9H2,1H3,(H,26,29)(H,24,25,27)/t13-/m1/s1. The van der Waals surface area contributed by atoms with Crippen LogP contribution in [0.5, 0.6) is 0 Å². The number of benzene rings is 1. The van der Waals surface area contributed by atoms with E-state index >= 15 is 0 Å². The number of sulfonamides is 1. The summed E-state index contributed by atoms with van der Waals surface area (Å²) in [7, 11) is -4.07. The minimum atomic E-state index is -4.85. The minimum Gasteiger partial charge on any atom is -0.326 e. The van der Waals surface area contributed by atoms with E-state index in [0.717, 1.165) is 16.1 Å². The van der Waals surface area contributed by atoms with E-state index in [9.17, 15) is 26.4 Å². The highest BCUT2D eigenvalue weighted by Gasteiger charge is 2.41. The molecule has 0 spiro atoms. The van der Waals surface area contributed by atoms with Gasteiger partial charge in [0.25, 0.3) is 0 Å². The van der Waals surface area contributed by atoms with Gasteiger partial charge in [-0.05, 0) is 43.1 Å². The quantitative estimate of drug-likeness (QED) is 0.614. The molecule has 2 aromatic rings. The van der Waals surface area contributed by atoms with Crippen molar-refractivity contribution < 1.29 is 26.4 Å². The SMILES string of the molecule is CS(=O)(=O)N(c1nc(Nc2ccc3c(c2)CC(=O)N3)ncc1C(F)(F)F)[C@@H]1CCCNC1. The maximum absolute atomic E-state index is 13.7. The summed E-state index contributed by atoms with van der Waals surface area (Å²) in [5.74, 6) is -1.07. The second kappa shape index (κ2) is 8.20. The summed E-state index contributed by atoms with van der Waals surface area (Å²) in [6.45, 7) is 0.871. The fourth-order valence-electron chi connectivity index (χ4n) is 3.87. The third kappa shape index (κ3) is 4.63. The van der Waals surface area contributed by atoms with Crippen LogP contribution in [0.3, 0.4) is 0 Å². The molecule has 2 aliphatic heterocycles. The van der Waals surface area contributed by atoms with Crippen molar-refractivity contribution in [1.29, 1.82) is 0 Å². The number of aromatic nitrogens is 2. The first-order valence-electron chi connectivity index (χ1n) is 9.86. The van der Waals surface area contributed by atoms with Gasteiger partial charge in [0.05, 0.1) is 18.7 Å². The van der Waals surface area contributed by atoms with Gasteiger partial charge in [0.2, 0.25) is 21.9 Å². The molecule has 172 valence electrons. The Kier molecular flexibility index (Phi) is 5.71. The van der Waals surface area contributed by atoms with Crippen molar-refractivity contribution in [2.75, 3.05) is 34.3 Å². The Bertz CT molecular complexity index is 1150. The van der Waals surface area contributed by atoms with Gasteiger partial charge in [0.1, 0.15) is 5.56 Å². The second-order valence-electron chi connectivity index (χ2n) is 7.71. The summed E-state index contributed by atoms with van der Waals surface area (Å²) in [4.78, 5) is 19.3. The van der Waals surface area contributed by atoms with Crippen LogP contribution in [0.25, 0.3) is 0 Å². The first kappa shape index (κ1) is 22.3. The fourth-order valence-corrected chi connectivity index (χ4v) is 5.05. The number of piperidine rings is 1. The molecule has 0 unspecified atom stereocenters. The van der Waals surface area contributed by atoms with Gasteiger partial charge in [-0.2, -0.15) is 18.2 Å². The molecule has 1 aromatic heterocycles. The highest BCUT2D eigenvalue weighted by Crippen LogP contribution is 2.38. The van der Waals surface area contributed by atoms with Crippen molar-refractivity contribution in [3.8, 4) is 0 Å². The van der Waals surface area contributed by atoms with Crippen LogP contribution >= 0.6 is 0 Å². The minimum absolute atomic E-state index is 0.157. The van der Waals surface area contributed by atoms with Crippen LogP contribution in [0.1, 0.15) is 24.0 Å². The van der Waals surface area contributed by atoms with E-state index in [0.29, 0.717) is 37.0 Å². The van der Waals surface area contributed by atoms with Gasteiger partial charge in [-0.3, -0.25) is 4.79 Å². The Morgan fingerprint density at radius 3 is 2.72 bits per heavy atom. The smallest absolute Gasteiger partial charge is 0.326 e. The molecule has 0 saturated carbocycles. The molecule has 4 rings (SSSR count). The largest absolute Gasteiger partial charge is 0.421 e. The van der Waals surface area contributed by atoms with E-state index in [1.807, 2.05) is 0 Å². The third-order valence-corrected chi connectivity index (χ3v) is 6.41. The highest BCUT2D eigenvalue weighted by molar-refractivity contribution is 7.92. The van der Waals surface area contributed by atoms with Crippen molar-refractivity contribution in [2.24, 2.45) is 0 Å². The lowest BCUT2D eigenvalue weighted by molar-refractivity contribution is -0.137. The zero-order chi connectivity index (χ0) is 23.1. The number of hydrogen-bond donors (Lipinski definition) is 3. The van der Waals surface area contributed by atoms with Gasteiger partial charge in [-0.1, -0.05) is 0 Å². The summed E-state index contributed by atoms with van der Waals surface area (Å²) in [5.41, 5.74) is 0.597. The number of nitrogens with one attached hydrogen (secondary N) is 3. The Hall–Kier alpha value is -2.93. The lowest BCUT2D eigenvalue weighted by Crippen LogP contribution is -2.49. The number of alkyl halides is 3. The zero-order valence-electron chi connectivity index (χ0n) is 17.0. The number of rotatable bonds is 5. The van der Waals surface area contributed by atoms with E-state index in [1.165, 1.54) is 0 Å². The zero-order valence-corrected chi connectivity index (χ0v) is 17.8. The van der Waals surface area contributed by atoms with Crippen molar-refractivity contribution in [1.82, 2.24) is 15.3 Å². The van der Waals surface area contributed by atoms with Gasteiger partial charge < -0.3 is 16.0 Å². The number of anilines is 4. The predicted molar refractivity (Wildman–Crippen MR) is 112 cm³/mol. The van der Waals surface area contributed by atoms with Gasteiger partial charge in [-0.25, -0.2) is 17.7 Å². The van der Waals surface area contributed by atoms with E-state index in [4.69, 9.17) is 0 Å². The van der Waals surface area contributed by atoms with Gasteiger partial charge in [-0.15, -0.1) is 0 Å². The molecule has 9 nitrogen and oxygen atoms in total. The Balaban J connectivity index is 1.74. The molecular weight excluding hydrogens is 449 g/mol. The molecule has 32 heavy (non-hydrogen) atoms. The predicted octanol–water partition coefficient (Wildman–Crippen LogP) is 2.25. The van der Waals surface area contributed by atoms with Crippen LogP contribution in [-0.2, 0) is 27.4 Å². The van der Waals surface area contributed by atoms with Crippen molar-refractivity contribution in [3.63, 3.8) is 0 Å². The Morgan fingerprint density at radius 1 is 1.28 bits per heavy atom. The number of amides is 1. The number of halogens is 3. The first-order valence-corrected chi connectivity index (χ1v) is 11.7. The highest BCUT2D eigenvalue weighted by atomic mass is 32.2. The average molecular weight is 470 g/mol. The van der Waals surface area contributed by atoms with Crippen LogP contribution in [0, 0.1) is 0 Å². The van der Waals surface area contributed by atoms with Crippen molar-refractivity contribution in [2.45, 2.75) is 31.5 Å². The fraction of sp³-hybridized carbons (Fsp3) is 0.421. The number of carbonyl (C=O) groups is 1. The second-order valence-corrected chi connectivity index (χ2v) is 9.57. The van der Waals surface area contributed by atoms with E-state index in [2.05, 4.69) is 25.9 Å². The molecule has 1 saturated heterocycles. The molecule has 1 atom stereocenters. The first-order chi connectivity index (χ1) is 15.0. The summed E-state index contributed by atoms with van der Waals surface area (Å²) in [6.07, 6.45) is -2.20. The molecule has 0 bridgehead atoms. The van der Waals surface area contributed by atoms with Gasteiger partial charge >= 0.3 is 6.18 Å². The maximum atomic E-state index is 13.7. The number of nitrogens with zero attached hydrogens (tertiary/aromatic N) is 3. The average Bonchev–Trinajstić information content (AvgIpc) is 3.06. The van der Waals surface area contributed by atoms with Crippen LogP contribution < -0.4 is 20.3 Å². The van der Waals surface area contributed by atoms with Crippen LogP contribution in [0.15, 0.2) is 24.4 Å². The summed E-state index contributed by atoms with van der Waals surface area (Å²) >= 11 is 0. The summed E-state index contributed by atoms with van der Waals surface area (Å²) in [6, 6.07) is 4.22. The molecule has 1 amide bonds. The van der Waals surface area contributed by atoms with Crippen LogP contribution in [0.4, 0.5) is 36.3 Å². The lowest BCUT2D eigenvalue weighted by atomic mass is 10.1. The van der Waals surface area contributed by atoms with Crippen molar-refractivity contribution >= 4 is 39.1 Å². The van der Waals surface area contributed by atoms with E-state index in [-0.39, 0.29) is 24.8 Å². The molecule has 0 aliphatic carbocycles. The van der Waals surface area contributed by atoms with E-state index < -0.39 is 33.6 Å². The monoisotopic (exact) mass is 470 g/mol. The molecule has 13 heteroatoms. The number of hydrogen-bond acceptors (Lipinski definition) is 7. The summed E-state index contributed by atoms with van der Waals surface area (Å²) in [5, 5.41) is 8.52. The number of carbonyl (C=O) groups excluding carboxylic acids is 1. The van der Waals surface area contributed by atoms with Crippen molar-refractivity contribution in [3.05, 3.63) is 35.5 Å². The van der Waals surface area contributed by atoms with E-state index in [1.54, 1.807) is 18.2 Å². The molecule has 1 fully saturated rings.